The molecule has 0 saturated carbocycles. The molecule has 0 amide bonds. The van der Waals surface area contributed by atoms with E-state index in [-0.39, 0.29) is 6.54 Å². The number of fused-ring (bicyclic) bond motifs is 1. The fourth-order valence-electron chi connectivity index (χ4n) is 1.22. The average Bonchev–Trinajstić information content (AvgIpc) is 2.60. The van der Waals surface area contributed by atoms with Gasteiger partial charge in [0.1, 0.15) is 17.1 Å². The van der Waals surface area contributed by atoms with E-state index in [1.807, 2.05) is 6.07 Å². The number of aliphatic hydroxyl groups is 1. The van der Waals surface area contributed by atoms with Crippen LogP contribution in [0.2, 0.25) is 0 Å². The van der Waals surface area contributed by atoms with Crippen LogP contribution in [-0.2, 0) is 0 Å². The number of aliphatic hydroxyl groups excluding tert-OH is 1. The van der Waals surface area contributed by atoms with Gasteiger partial charge in [0.15, 0.2) is 0 Å². The van der Waals surface area contributed by atoms with Gasteiger partial charge in [0, 0.05) is 12.7 Å². The lowest BCUT2D eigenvalue weighted by Crippen LogP contribution is -2.12. The first-order valence-electron chi connectivity index (χ1n) is 4.00. The standard InChI is InChI=1S/C8H10N4O/c9-4-6(13)8-7-5(11-12-8)2-1-3-10-7/h1-3,6,13H,4,9H2,(H,11,12). The van der Waals surface area contributed by atoms with Gasteiger partial charge in [-0.15, -0.1) is 0 Å². The molecule has 0 aliphatic heterocycles. The number of pyridine rings is 1. The monoisotopic (exact) mass is 178 g/mol. The summed E-state index contributed by atoms with van der Waals surface area (Å²) in [5, 5.41) is 16.2. The highest BCUT2D eigenvalue weighted by Crippen LogP contribution is 2.17. The number of hydrogen-bond donors (Lipinski definition) is 3. The molecular formula is C8H10N4O. The van der Waals surface area contributed by atoms with E-state index in [1.54, 1.807) is 12.3 Å². The van der Waals surface area contributed by atoms with Crippen LogP contribution in [0.25, 0.3) is 11.0 Å². The smallest absolute Gasteiger partial charge is 0.114 e. The zero-order valence-corrected chi connectivity index (χ0v) is 6.94. The van der Waals surface area contributed by atoms with E-state index in [2.05, 4.69) is 15.2 Å². The van der Waals surface area contributed by atoms with Crippen molar-refractivity contribution < 1.29 is 5.11 Å². The van der Waals surface area contributed by atoms with Crippen LogP contribution < -0.4 is 5.73 Å². The maximum absolute atomic E-state index is 9.48. The summed E-state index contributed by atoms with van der Waals surface area (Å²) in [7, 11) is 0. The van der Waals surface area contributed by atoms with Gasteiger partial charge in [0.05, 0.1) is 5.69 Å². The minimum Gasteiger partial charge on any atom is -0.385 e. The van der Waals surface area contributed by atoms with E-state index >= 15 is 0 Å². The van der Waals surface area contributed by atoms with Crippen molar-refractivity contribution in [3.05, 3.63) is 24.0 Å². The summed E-state index contributed by atoms with van der Waals surface area (Å²) < 4.78 is 0. The minimum atomic E-state index is -0.722. The topological polar surface area (TPSA) is 87.8 Å². The van der Waals surface area contributed by atoms with E-state index < -0.39 is 6.10 Å². The summed E-state index contributed by atoms with van der Waals surface area (Å²) in [4.78, 5) is 4.10. The van der Waals surface area contributed by atoms with E-state index in [0.29, 0.717) is 11.2 Å². The molecule has 0 aliphatic rings. The van der Waals surface area contributed by atoms with Gasteiger partial charge in [-0.2, -0.15) is 5.10 Å². The van der Waals surface area contributed by atoms with Crippen molar-refractivity contribution in [2.75, 3.05) is 6.54 Å². The second kappa shape index (κ2) is 3.12. The van der Waals surface area contributed by atoms with Gasteiger partial charge in [-0.05, 0) is 12.1 Å². The summed E-state index contributed by atoms with van der Waals surface area (Å²) in [6.07, 6.45) is 0.935. The molecule has 0 fully saturated rings. The number of nitrogens with one attached hydrogen (secondary N) is 1. The molecule has 0 saturated heterocycles. The third-order valence-electron chi connectivity index (χ3n) is 1.89. The highest BCUT2D eigenvalue weighted by Gasteiger charge is 2.12. The molecule has 2 rings (SSSR count). The zero-order valence-electron chi connectivity index (χ0n) is 6.94. The molecule has 0 radical (unpaired) electrons. The number of nitrogens with two attached hydrogens (primary N) is 1. The summed E-state index contributed by atoms with van der Waals surface area (Å²) >= 11 is 0. The highest BCUT2D eigenvalue weighted by atomic mass is 16.3. The van der Waals surface area contributed by atoms with Gasteiger partial charge in [-0.3, -0.25) is 10.1 Å². The van der Waals surface area contributed by atoms with Crippen molar-refractivity contribution in [1.82, 2.24) is 15.2 Å². The number of rotatable bonds is 2. The van der Waals surface area contributed by atoms with E-state index in [4.69, 9.17) is 5.73 Å². The van der Waals surface area contributed by atoms with Crippen LogP contribution in [0.1, 0.15) is 11.8 Å². The quantitative estimate of drug-likeness (QED) is 0.601. The van der Waals surface area contributed by atoms with Gasteiger partial charge in [-0.25, -0.2) is 0 Å². The predicted molar refractivity (Wildman–Crippen MR) is 47.9 cm³/mol. The molecule has 2 aromatic heterocycles. The highest BCUT2D eigenvalue weighted by molar-refractivity contribution is 5.76. The first-order chi connectivity index (χ1) is 6.33. The van der Waals surface area contributed by atoms with E-state index in [9.17, 15) is 5.11 Å². The maximum Gasteiger partial charge on any atom is 0.114 e. The Hall–Kier alpha value is -1.46. The average molecular weight is 178 g/mol. The molecule has 68 valence electrons. The molecule has 0 aliphatic carbocycles. The molecule has 1 unspecified atom stereocenters. The minimum absolute atomic E-state index is 0.161. The molecule has 2 heterocycles. The number of hydrogen-bond acceptors (Lipinski definition) is 4. The van der Waals surface area contributed by atoms with Crippen molar-refractivity contribution in [3.63, 3.8) is 0 Å². The predicted octanol–water partition coefficient (Wildman–Crippen LogP) is -0.0500. The first kappa shape index (κ1) is 8.15. The molecular weight excluding hydrogens is 168 g/mol. The molecule has 4 N–H and O–H groups in total. The normalized spacial score (nSPS) is 13.4. The Morgan fingerprint density at radius 2 is 2.46 bits per heavy atom. The Balaban J connectivity index is 2.57. The lowest BCUT2D eigenvalue weighted by atomic mass is 10.2. The number of nitrogens with zero attached hydrogens (tertiary/aromatic N) is 2. The van der Waals surface area contributed by atoms with Crippen LogP contribution in [-0.4, -0.2) is 26.8 Å². The molecule has 5 nitrogen and oxygen atoms in total. The van der Waals surface area contributed by atoms with Crippen LogP contribution in [0.3, 0.4) is 0 Å². The molecule has 13 heavy (non-hydrogen) atoms. The number of aromatic nitrogens is 3. The molecule has 0 bridgehead atoms. The second-order valence-corrected chi connectivity index (χ2v) is 2.76. The van der Waals surface area contributed by atoms with Crippen LogP contribution in [0.15, 0.2) is 18.3 Å². The van der Waals surface area contributed by atoms with Crippen molar-refractivity contribution in [3.8, 4) is 0 Å². The van der Waals surface area contributed by atoms with Gasteiger partial charge >= 0.3 is 0 Å². The Bertz CT molecular complexity index is 411. The molecule has 0 spiro atoms. The van der Waals surface area contributed by atoms with Gasteiger partial charge in [-0.1, -0.05) is 0 Å². The number of aromatic amines is 1. The first-order valence-corrected chi connectivity index (χ1v) is 4.00. The van der Waals surface area contributed by atoms with Crippen LogP contribution in [0, 0.1) is 0 Å². The molecule has 1 atom stereocenters. The molecule has 0 aromatic carbocycles. The summed E-state index contributed by atoms with van der Waals surface area (Å²) in [5.74, 6) is 0. The lowest BCUT2D eigenvalue weighted by Gasteiger charge is -2.03. The molecule has 5 heteroatoms. The van der Waals surface area contributed by atoms with Crippen LogP contribution >= 0.6 is 0 Å². The Kier molecular flexibility index (Phi) is 1.96. The second-order valence-electron chi connectivity index (χ2n) is 2.76. The van der Waals surface area contributed by atoms with Gasteiger partial charge in [0.25, 0.3) is 0 Å². The Morgan fingerprint density at radius 1 is 1.62 bits per heavy atom. The fraction of sp³-hybridized carbons (Fsp3) is 0.250. The summed E-state index contributed by atoms with van der Waals surface area (Å²) in [5.41, 5.74) is 7.33. The fourth-order valence-corrected chi connectivity index (χ4v) is 1.22. The molecule has 2 aromatic rings. The van der Waals surface area contributed by atoms with E-state index in [1.165, 1.54) is 0 Å². The largest absolute Gasteiger partial charge is 0.385 e. The lowest BCUT2D eigenvalue weighted by molar-refractivity contribution is 0.183. The SMILES string of the molecule is NCC(O)c1[nH]nc2cccnc12. The van der Waals surface area contributed by atoms with Crippen LogP contribution in [0.4, 0.5) is 0 Å². The van der Waals surface area contributed by atoms with Gasteiger partial charge in [0.2, 0.25) is 0 Å². The zero-order chi connectivity index (χ0) is 9.26. The van der Waals surface area contributed by atoms with Crippen molar-refractivity contribution in [2.24, 2.45) is 5.73 Å². The van der Waals surface area contributed by atoms with Crippen molar-refractivity contribution in [1.29, 1.82) is 0 Å². The third kappa shape index (κ3) is 1.28. The van der Waals surface area contributed by atoms with Crippen molar-refractivity contribution >= 4 is 11.0 Å². The Labute approximate surface area is 74.6 Å². The summed E-state index contributed by atoms with van der Waals surface area (Å²) in [6, 6.07) is 3.62. The van der Waals surface area contributed by atoms with E-state index in [0.717, 1.165) is 5.52 Å². The Morgan fingerprint density at radius 3 is 3.23 bits per heavy atom. The summed E-state index contributed by atoms with van der Waals surface area (Å²) in [6.45, 7) is 0.161. The number of H-pyrrole nitrogens is 1. The van der Waals surface area contributed by atoms with Crippen LogP contribution in [0.5, 0.6) is 0 Å². The van der Waals surface area contributed by atoms with Crippen molar-refractivity contribution in [2.45, 2.75) is 6.10 Å². The third-order valence-corrected chi connectivity index (χ3v) is 1.89. The van der Waals surface area contributed by atoms with Gasteiger partial charge < -0.3 is 10.8 Å². The maximum atomic E-state index is 9.48.